The summed E-state index contributed by atoms with van der Waals surface area (Å²) in [5.74, 6) is -6.43. The van der Waals surface area contributed by atoms with Gasteiger partial charge in [0.2, 0.25) is 5.79 Å². The molecule has 1 saturated carbocycles. The SMILES string of the molecule is CCCOCCOCCOCCOCCOCCOCCC.COCCC(=O)CCCS(=O)(=O)c1ccc(C(=O)N2CCOc3ccc(-c4ccc(N)nc4)cc3C2)c(C)c1.COCCCC(=O)O[C@@H]1CC[C@@H](C[C@@H](C)[C@@H]2C[C@@H](OC)[C@H](C)/C=C(\C)[C@@H](O)[C@@H](OC)C(=O)[C@H](C)C[C@H](C)/C=C/C=C/C=C(\C)[C@@H](OC)C[C@@H]3CC[C@@H](C)[C@@](O)(O3)C(=O)C(=O)N3CCCC[C@H]3C(=O)O2)C[C@H]1OC. The zero-order chi connectivity index (χ0) is 98.1. The normalized spacial score (nSPS) is 26.5. The van der Waals surface area contributed by atoms with Gasteiger partial charge in [-0.15, -0.1) is 0 Å². The topological polar surface area (TPSA) is 387 Å². The molecule has 1 aromatic heterocycles. The quantitative estimate of drug-likeness (QED) is 0.0205. The molecule has 3 aromatic rings. The van der Waals surface area contributed by atoms with E-state index in [4.69, 9.17) is 81.5 Å². The smallest absolute Gasteiger partial charge is 0.329 e. The summed E-state index contributed by atoms with van der Waals surface area (Å²) < 4.78 is 116. The predicted molar refractivity (Wildman–Crippen MR) is 510 cm³/mol. The molecule has 4 aliphatic heterocycles. The van der Waals surface area contributed by atoms with E-state index in [1.54, 1.807) is 72.4 Å². The summed E-state index contributed by atoms with van der Waals surface area (Å²) in [6.07, 6.45) is 17.5. The van der Waals surface area contributed by atoms with Crippen molar-refractivity contribution < 1.29 is 128 Å². The van der Waals surface area contributed by atoms with Crippen LogP contribution in [0.2, 0.25) is 0 Å². The average Bonchev–Trinajstić information content (AvgIpc) is 0.791. The molecule has 1 aliphatic carbocycles. The number of piperidine rings is 1. The summed E-state index contributed by atoms with van der Waals surface area (Å²) in [5.41, 5.74) is 10.8. The summed E-state index contributed by atoms with van der Waals surface area (Å²) in [5, 5.41) is 23.7. The number of nitrogens with zero attached hydrogens (tertiary/aromatic N) is 3. The molecular formula is C102H158N4O27S. The zero-order valence-corrected chi connectivity index (χ0v) is 83.4. The molecule has 0 unspecified atom stereocenters. The third-order valence-electron chi connectivity index (χ3n) is 25.2. The minimum atomic E-state index is -3.59. The number of pyridine rings is 1. The maximum atomic E-state index is 14.7. The van der Waals surface area contributed by atoms with E-state index >= 15 is 0 Å². The van der Waals surface area contributed by atoms with Gasteiger partial charge in [0.15, 0.2) is 15.6 Å². The van der Waals surface area contributed by atoms with Crippen molar-refractivity contribution in [1.29, 1.82) is 0 Å². The number of rotatable bonds is 41. The van der Waals surface area contributed by atoms with Crippen LogP contribution in [0.15, 0.2) is 107 Å². The molecule has 2 amide bonds. The lowest BCUT2D eigenvalue weighted by Gasteiger charge is -2.43. The number of Topliss-reactive ketones (excluding diaryl/α,β-unsaturated/α-hetero) is 3. The molecule has 0 radical (unpaired) electrons. The fraction of sp³-hybridized carbons (Fsp3) is 0.686. The van der Waals surface area contributed by atoms with Gasteiger partial charge in [-0.2, -0.15) is 0 Å². The highest BCUT2D eigenvalue weighted by Crippen LogP contribution is 2.40. The number of nitrogens with two attached hydrogens (primary N) is 1. The number of methoxy groups -OCH3 is 6. The van der Waals surface area contributed by atoms with Gasteiger partial charge in [-0.3, -0.25) is 28.8 Å². The number of cyclic esters (lactones) is 1. The Kier molecular flexibility index (Phi) is 53.6. The second-order valence-corrected chi connectivity index (χ2v) is 37.9. The fourth-order valence-corrected chi connectivity index (χ4v) is 18.6. The number of aliphatic hydroxyl groups excluding tert-OH is 1. The first-order chi connectivity index (χ1) is 64.3. The van der Waals surface area contributed by atoms with Crippen LogP contribution in [0.1, 0.15) is 206 Å². The summed E-state index contributed by atoms with van der Waals surface area (Å²) in [4.78, 5) is 103. The molecule has 4 N–H and O–H groups in total. The van der Waals surface area contributed by atoms with Crippen molar-refractivity contribution >= 4 is 56.8 Å². The van der Waals surface area contributed by atoms with Gasteiger partial charge in [0.05, 0.1) is 114 Å². The van der Waals surface area contributed by atoms with E-state index < -0.39 is 93.9 Å². The summed E-state index contributed by atoms with van der Waals surface area (Å²) >= 11 is 0. The van der Waals surface area contributed by atoms with Crippen LogP contribution in [0.25, 0.3) is 11.1 Å². The minimum absolute atomic E-state index is 0.0237. The number of fused-ring (bicyclic) bond motifs is 4. The molecule has 32 heteroatoms. The molecule has 0 spiro atoms. The third-order valence-corrected chi connectivity index (χ3v) is 27.0. The van der Waals surface area contributed by atoms with E-state index in [1.807, 2.05) is 95.3 Å². The Morgan fingerprint density at radius 3 is 1.90 bits per heavy atom. The first-order valence-corrected chi connectivity index (χ1v) is 49.7. The highest BCUT2D eigenvalue weighted by Gasteiger charge is 2.53. The Labute approximate surface area is 796 Å². The van der Waals surface area contributed by atoms with Crippen LogP contribution in [0.5, 0.6) is 5.75 Å². The number of carbonyl (C=O) groups is 7. The molecule has 3 fully saturated rings. The molecule has 16 atom stereocenters. The van der Waals surface area contributed by atoms with Gasteiger partial charge < -0.3 is 102 Å². The number of aryl methyl sites for hydroxylation is 1. The molecule has 31 nitrogen and oxygen atoms in total. The second-order valence-electron chi connectivity index (χ2n) is 35.8. The molecule has 5 aliphatic rings. The molecular weight excluding hydrogens is 1750 g/mol. The number of amides is 2. The van der Waals surface area contributed by atoms with Crippen LogP contribution in [0.3, 0.4) is 0 Å². The van der Waals surface area contributed by atoms with Crippen LogP contribution >= 0.6 is 0 Å². The number of esters is 2. The van der Waals surface area contributed by atoms with E-state index in [2.05, 4.69) is 18.8 Å². The lowest BCUT2D eigenvalue weighted by atomic mass is 9.78. The van der Waals surface area contributed by atoms with Crippen molar-refractivity contribution in [3.8, 4) is 16.9 Å². The Morgan fingerprint density at radius 1 is 0.649 bits per heavy atom. The number of hydrogen-bond acceptors (Lipinski definition) is 29. The number of carbonyl (C=O) groups excluding carboxylic acids is 7. The standard InChI is InChI=1S/C57H91NO15.C29H33N3O6S.C16H34O6/c1-35-19-14-13-15-20-36(2)46(67-9)33-43-25-23-41(7)57(65,73-43)54(62)55(63)58-27-17-16-21-44(58)56(64)72-48(34-47(68-10)37(3)30-40(6)52(61)53(70-12)51(60)39(5)29-35)38(4)31-42-24-26-45(49(32-42)69-11)71-50(59)22-18-28-66-8;1-20-16-25(39(35,36)15-3-4-24(33)11-13-37-2)7-8-26(20)29(34)32-12-14-38-27-9-5-21(17-23(27)19-32)22-6-10-28(30)31-18-22;1-3-5-17-7-9-19-11-13-21-15-16-22-14-12-20-10-8-18-6-4-2/h13-15,19-20,30,35,37-39,41-49,52-53,61,65H,16-18,21-29,31-34H2,1-12H3;5-10,16-18H,3-4,11-15,19H2,1-2H3,(H2,30,31);3-16H2,1-2H3/b15-13+,19-14+,36-20+,40-30+;;/t35-,37-,38-,39-,41-,42+,43+,44+,45-,46+,47-,48+,49-,52-,53+,57-;;/m1../s1. The first kappa shape index (κ1) is 115. The number of sulfone groups is 1. The monoisotopic (exact) mass is 1900 g/mol. The highest BCUT2D eigenvalue weighted by atomic mass is 32.2. The lowest BCUT2D eigenvalue weighted by molar-refractivity contribution is -0.265. The summed E-state index contributed by atoms with van der Waals surface area (Å²) in [7, 11) is 5.72. The summed E-state index contributed by atoms with van der Waals surface area (Å²) in [6, 6.07) is 12.9. The van der Waals surface area contributed by atoms with Crippen molar-refractivity contribution in [3.05, 3.63) is 119 Å². The van der Waals surface area contributed by atoms with Gasteiger partial charge in [0.1, 0.15) is 54.4 Å². The van der Waals surface area contributed by atoms with Crippen molar-refractivity contribution in [2.75, 3.05) is 166 Å². The number of anilines is 1. The lowest BCUT2D eigenvalue weighted by Crippen LogP contribution is -2.61. The van der Waals surface area contributed by atoms with Gasteiger partial charge >= 0.3 is 11.9 Å². The van der Waals surface area contributed by atoms with E-state index in [1.165, 1.54) is 31.3 Å². The third kappa shape index (κ3) is 38.6. The Morgan fingerprint density at radius 2 is 1.30 bits per heavy atom. The number of aliphatic hydroxyl groups is 2. The van der Waals surface area contributed by atoms with Gasteiger partial charge in [-0.1, -0.05) is 91.0 Å². The van der Waals surface area contributed by atoms with Crippen molar-refractivity contribution in [2.24, 2.45) is 35.5 Å². The zero-order valence-electron chi connectivity index (χ0n) is 82.6. The number of ketones is 3. The number of nitrogen functional groups attached to an aromatic ring is 1. The van der Waals surface area contributed by atoms with Crippen molar-refractivity contribution in [2.45, 2.75) is 263 Å². The highest BCUT2D eigenvalue weighted by molar-refractivity contribution is 7.91. The van der Waals surface area contributed by atoms with E-state index in [0.29, 0.717) is 186 Å². The maximum absolute atomic E-state index is 14.7. The number of ether oxygens (including phenoxy) is 16. The minimum Gasteiger partial charge on any atom is -0.491 e. The van der Waals surface area contributed by atoms with Crippen LogP contribution in [-0.2, 0) is 116 Å². The molecule has 5 heterocycles. The van der Waals surface area contributed by atoms with Crippen molar-refractivity contribution in [1.82, 2.24) is 14.8 Å². The Hall–Kier alpha value is -7.61. The van der Waals surface area contributed by atoms with Gasteiger partial charge in [0, 0.05) is 148 Å². The molecule has 2 saturated heterocycles. The maximum Gasteiger partial charge on any atom is 0.329 e. The molecule has 754 valence electrons. The predicted octanol–water partition coefficient (Wildman–Crippen LogP) is 13.3. The molecule has 2 aromatic carbocycles. The van der Waals surface area contributed by atoms with Gasteiger partial charge in [-0.25, -0.2) is 18.2 Å². The number of benzene rings is 2. The summed E-state index contributed by atoms with van der Waals surface area (Å²) in [6.45, 7) is 28.8. The van der Waals surface area contributed by atoms with Crippen LogP contribution in [0.4, 0.5) is 5.82 Å². The molecule has 134 heavy (non-hydrogen) atoms. The van der Waals surface area contributed by atoms with Gasteiger partial charge in [0.25, 0.3) is 17.6 Å². The van der Waals surface area contributed by atoms with Crippen LogP contribution in [-0.4, -0.2) is 296 Å². The van der Waals surface area contributed by atoms with E-state index in [9.17, 15) is 52.2 Å². The number of allylic oxidation sites excluding steroid dienone is 5. The van der Waals surface area contributed by atoms with Crippen molar-refractivity contribution in [3.63, 3.8) is 0 Å². The van der Waals surface area contributed by atoms with E-state index in [0.717, 1.165) is 60.5 Å². The first-order valence-electron chi connectivity index (χ1n) is 48.1. The largest absolute Gasteiger partial charge is 0.491 e. The molecule has 8 rings (SSSR count). The number of aromatic nitrogens is 1. The Bertz CT molecular complexity index is 4240. The fourth-order valence-electron chi connectivity index (χ4n) is 17.2. The average molecular weight is 1900 g/mol. The van der Waals surface area contributed by atoms with Gasteiger partial charge in [-0.05, 0) is 193 Å². The second kappa shape index (κ2) is 62.4. The van der Waals surface area contributed by atoms with Crippen LogP contribution in [0, 0.1) is 42.4 Å². The van der Waals surface area contributed by atoms with E-state index in [-0.39, 0.29) is 109 Å². The number of hydrogen-bond donors (Lipinski definition) is 3. The van der Waals surface area contributed by atoms with Crippen LogP contribution < -0.4 is 10.5 Å². The molecule has 2 bridgehead atoms. The Balaban J connectivity index is 0.000000372.